The zero-order valence-corrected chi connectivity index (χ0v) is 18.0. The zero-order valence-electron chi connectivity index (χ0n) is 18.0. The van der Waals surface area contributed by atoms with Crippen LogP contribution in [0.3, 0.4) is 0 Å². The van der Waals surface area contributed by atoms with Gasteiger partial charge in [-0.15, -0.1) is 0 Å². The highest BCUT2D eigenvalue weighted by atomic mass is 16.5. The van der Waals surface area contributed by atoms with E-state index >= 15 is 0 Å². The molecule has 0 radical (unpaired) electrons. The Labute approximate surface area is 180 Å². The van der Waals surface area contributed by atoms with Crippen molar-refractivity contribution < 1.29 is 19.0 Å². The molecular weight excluding hydrogens is 392 g/mol. The summed E-state index contributed by atoms with van der Waals surface area (Å²) in [6, 6.07) is 14.0. The first-order chi connectivity index (χ1) is 15.1. The van der Waals surface area contributed by atoms with Gasteiger partial charge in [-0.2, -0.15) is 0 Å². The van der Waals surface area contributed by atoms with E-state index in [4.69, 9.17) is 14.1 Å². The van der Waals surface area contributed by atoms with Crippen LogP contribution in [0.5, 0.6) is 5.75 Å². The third-order valence-corrected chi connectivity index (χ3v) is 6.24. The van der Waals surface area contributed by atoms with Gasteiger partial charge in [0.2, 0.25) is 5.58 Å². The lowest BCUT2D eigenvalue weighted by Gasteiger charge is -2.29. The number of piperazine rings is 1. The van der Waals surface area contributed by atoms with Gasteiger partial charge in [0.1, 0.15) is 56.1 Å². The maximum absolute atomic E-state index is 12.5. The van der Waals surface area contributed by atoms with Gasteiger partial charge in [0, 0.05) is 10.9 Å². The van der Waals surface area contributed by atoms with Crippen molar-refractivity contribution in [3.63, 3.8) is 0 Å². The third-order valence-electron chi connectivity index (χ3n) is 6.24. The fourth-order valence-electron chi connectivity index (χ4n) is 4.59. The molecule has 1 aliphatic heterocycles. The number of methoxy groups -OCH3 is 1. The molecule has 0 atom stereocenters. The van der Waals surface area contributed by atoms with E-state index in [0.717, 1.165) is 49.7 Å². The number of hydrogen-bond acceptors (Lipinski definition) is 4. The smallest absolute Gasteiger partial charge is 0.294 e. The number of fused-ring (bicyclic) bond motifs is 3. The zero-order chi connectivity index (χ0) is 21.4. The van der Waals surface area contributed by atoms with E-state index in [-0.39, 0.29) is 5.56 Å². The van der Waals surface area contributed by atoms with Crippen molar-refractivity contribution in [1.29, 1.82) is 0 Å². The molecule has 7 nitrogen and oxygen atoms in total. The largest absolute Gasteiger partial charge is 0.496 e. The first kappa shape index (κ1) is 19.8. The molecule has 1 saturated heterocycles. The van der Waals surface area contributed by atoms with Crippen LogP contribution in [0.25, 0.3) is 22.1 Å². The number of hydrogen-bond donors (Lipinski definition) is 3. The van der Waals surface area contributed by atoms with Crippen molar-refractivity contribution in [2.45, 2.75) is 20.0 Å². The van der Waals surface area contributed by atoms with E-state index in [1.807, 2.05) is 24.3 Å². The Bertz CT molecular complexity index is 1290. The molecule has 0 unspecified atom stereocenters. The second-order valence-corrected chi connectivity index (χ2v) is 8.46. The average Bonchev–Trinajstić information content (AvgIpc) is 3.15. The Morgan fingerprint density at radius 3 is 2.58 bits per heavy atom. The normalized spacial score (nSPS) is 19.2. The Kier molecular flexibility index (Phi) is 5.21. The lowest BCUT2D eigenvalue weighted by Crippen LogP contribution is -3.27. The standard InChI is InChI=1S/C24H26N4O3/c1-16-7-8-19(30-2)17(13-16)14-27-9-11-28(12-10-27)15-21-25-22-18-5-3-4-6-20(18)31-23(22)24(29)26-21/h3-8,13H,9-12,14-15H2,1-2H3,(H,25,26,29)/p+2. The molecule has 31 heavy (non-hydrogen) atoms. The minimum Gasteiger partial charge on any atom is -0.496 e. The van der Waals surface area contributed by atoms with E-state index in [9.17, 15) is 4.79 Å². The summed E-state index contributed by atoms with van der Waals surface area (Å²) in [4.78, 5) is 23.2. The van der Waals surface area contributed by atoms with Crippen LogP contribution in [0.4, 0.5) is 0 Å². The Hall–Kier alpha value is -3.16. The number of quaternary nitrogens is 2. The van der Waals surface area contributed by atoms with Crippen LogP contribution in [0.1, 0.15) is 17.0 Å². The van der Waals surface area contributed by atoms with Gasteiger partial charge in [-0.25, -0.2) is 4.98 Å². The van der Waals surface area contributed by atoms with Gasteiger partial charge in [0.25, 0.3) is 5.56 Å². The number of nitrogens with zero attached hydrogens (tertiary/aromatic N) is 1. The maximum atomic E-state index is 12.5. The van der Waals surface area contributed by atoms with Crippen LogP contribution in [-0.2, 0) is 13.1 Å². The molecule has 0 bridgehead atoms. The Morgan fingerprint density at radius 1 is 1.06 bits per heavy atom. The number of aromatic amines is 1. The third kappa shape index (κ3) is 3.94. The van der Waals surface area contributed by atoms with Crippen molar-refractivity contribution in [2.75, 3.05) is 33.3 Å². The minimum absolute atomic E-state index is 0.202. The highest BCUT2D eigenvalue weighted by molar-refractivity contribution is 6.01. The number of aryl methyl sites for hydroxylation is 1. The van der Waals surface area contributed by atoms with E-state index < -0.39 is 0 Å². The fraction of sp³-hybridized carbons (Fsp3) is 0.333. The Morgan fingerprint density at radius 2 is 1.81 bits per heavy atom. The van der Waals surface area contributed by atoms with Crippen molar-refractivity contribution in [3.05, 3.63) is 69.8 Å². The molecule has 7 heteroatoms. The monoisotopic (exact) mass is 420 g/mol. The van der Waals surface area contributed by atoms with Crippen molar-refractivity contribution in [3.8, 4) is 5.75 Å². The summed E-state index contributed by atoms with van der Waals surface area (Å²) in [6.07, 6.45) is 0. The molecule has 3 heterocycles. The summed E-state index contributed by atoms with van der Waals surface area (Å²) < 4.78 is 11.2. The molecule has 2 aromatic carbocycles. The predicted octanol–water partition coefficient (Wildman–Crippen LogP) is 0.470. The average molecular weight is 421 g/mol. The SMILES string of the molecule is COc1ccc(C)cc1C[NH+]1CC[NH+](Cc2nc3c(oc4ccccc43)c(=O)[nH]2)CC1. The lowest BCUT2D eigenvalue weighted by atomic mass is 10.1. The highest BCUT2D eigenvalue weighted by Crippen LogP contribution is 2.24. The van der Waals surface area contributed by atoms with Crippen molar-refractivity contribution in [1.82, 2.24) is 9.97 Å². The summed E-state index contributed by atoms with van der Waals surface area (Å²) in [6.45, 7) is 8.04. The molecule has 3 N–H and O–H groups in total. The van der Waals surface area contributed by atoms with Crippen LogP contribution >= 0.6 is 0 Å². The lowest BCUT2D eigenvalue weighted by molar-refractivity contribution is -1.02. The molecule has 0 amide bonds. The molecule has 1 aliphatic rings. The summed E-state index contributed by atoms with van der Waals surface area (Å²) in [5, 5.41) is 0.890. The van der Waals surface area contributed by atoms with Crippen LogP contribution in [-0.4, -0.2) is 43.3 Å². The van der Waals surface area contributed by atoms with Crippen LogP contribution in [0, 0.1) is 6.92 Å². The molecule has 1 fully saturated rings. The fourth-order valence-corrected chi connectivity index (χ4v) is 4.59. The summed E-state index contributed by atoms with van der Waals surface area (Å²) in [7, 11) is 1.74. The van der Waals surface area contributed by atoms with E-state index in [0.29, 0.717) is 23.2 Å². The number of para-hydroxylation sites is 1. The molecule has 160 valence electrons. The summed E-state index contributed by atoms with van der Waals surface area (Å²) in [5.74, 6) is 1.69. The van der Waals surface area contributed by atoms with Gasteiger partial charge in [-0.3, -0.25) is 4.79 Å². The quantitative estimate of drug-likeness (QED) is 0.439. The first-order valence-electron chi connectivity index (χ1n) is 10.8. The van der Waals surface area contributed by atoms with E-state index in [1.54, 1.807) is 12.0 Å². The van der Waals surface area contributed by atoms with Crippen molar-refractivity contribution in [2.24, 2.45) is 0 Å². The number of aromatic nitrogens is 2. The van der Waals surface area contributed by atoms with E-state index in [1.165, 1.54) is 16.0 Å². The number of furan rings is 1. The second-order valence-electron chi connectivity index (χ2n) is 8.46. The van der Waals surface area contributed by atoms with Gasteiger partial charge >= 0.3 is 0 Å². The number of benzene rings is 2. The molecule has 4 aromatic rings. The maximum Gasteiger partial charge on any atom is 0.294 e. The number of nitrogens with one attached hydrogen (secondary N) is 3. The summed E-state index contributed by atoms with van der Waals surface area (Å²) in [5.41, 5.74) is 3.99. The molecule has 2 aromatic heterocycles. The van der Waals surface area contributed by atoms with Gasteiger partial charge in [-0.05, 0) is 31.2 Å². The molecular formula is C24H28N4O3+2. The number of H-pyrrole nitrogens is 1. The molecule has 5 rings (SSSR count). The van der Waals surface area contributed by atoms with Gasteiger partial charge in [0.15, 0.2) is 5.82 Å². The van der Waals surface area contributed by atoms with Crippen LogP contribution in [0.15, 0.2) is 51.7 Å². The first-order valence-corrected chi connectivity index (χ1v) is 10.8. The van der Waals surface area contributed by atoms with E-state index in [2.05, 4.69) is 30.1 Å². The second kappa shape index (κ2) is 8.17. The van der Waals surface area contributed by atoms with Crippen LogP contribution in [0.2, 0.25) is 0 Å². The molecule has 0 spiro atoms. The number of rotatable bonds is 5. The predicted molar refractivity (Wildman–Crippen MR) is 119 cm³/mol. The van der Waals surface area contributed by atoms with Crippen LogP contribution < -0.4 is 20.1 Å². The molecule has 0 saturated carbocycles. The topological polar surface area (TPSA) is 77.0 Å². The highest BCUT2D eigenvalue weighted by Gasteiger charge is 2.25. The molecule has 0 aliphatic carbocycles. The summed E-state index contributed by atoms with van der Waals surface area (Å²) >= 11 is 0. The van der Waals surface area contributed by atoms with Gasteiger partial charge in [0.05, 0.1) is 7.11 Å². The van der Waals surface area contributed by atoms with Crippen molar-refractivity contribution >= 4 is 22.1 Å². The number of ether oxygens (including phenoxy) is 1. The van der Waals surface area contributed by atoms with Gasteiger partial charge < -0.3 is 23.9 Å². The minimum atomic E-state index is -0.202. The Balaban J connectivity index is 1.28. The van der Waals surface area contributed by atoms with Gasteiger partial charge in [-0.1, -0.05) is 23.8 Å².